The fraction of sp³-hybridized carbons (Fsp3) is 0.800. The summed E-state index contributed by atoms with van der Waals surface area (Å²) < 4.78 is 2.04. The number of aryl methyl sites for hydroxylation is 1. The third kappa shape index (κ3) is 3.21. The Morgan fingerprint density at radius 1 is 1.47 bits per heavy atom. The minimum Gasteiger partial charge on any atom is -0.314 e. The Morgan fingerprint density at radius 2 is 2.27 bits per heavy atom. The molecule has 0 unspecified atom stereocenters. The van der Waals surface area contributed by atoms with E-state index in [2.05, 4.69) is 15.5 Å². The fourth-order valence-electron chi connectivity index (χ4n) is 1.34. The normalized spacial score (nSPS) is 15.9. The number of nitrogens with zero attached hydrogens (tertiary/aromatic N) is 3. The van der Waals surface area contributed by atoms with Crippen molar-refractivity contribution in [1.29, 1.82) is 0 Å². The van der Waals surface area contributed by atoms with Crippen LogP contribution in [0.25, 0.3) is 0 Å². The van der Waals surface area contributed by atoms with Gasteiger partial charge in [-0.2, -0.15) is 0 Å². The Kier molecular flexibility index (Phi) is 3.64. The molecule has 15 heavy (non-hydrogen) atoms. The van der Waals surface area contributed by atoms with E-state index in [1.165, 1.54) is 19.3 Å². The van der Waals surface area contributed by atoms with Crippen molar-refractivity contribution in [2.75, 3.05) is 12.3 Å². The summed E-state index contributed by atoms with van der Waals surface area (Å²) in [6.45, 7) is 3.11. The summed E-state index contributed by atoms with van der Waals surface area (Å²) in [4.78, 5) is 0. The van der Waals surface area contributed by atoms with Gasteiger partial charge in [0.1, 0.15) is 5.82 Å². The van der Waals surface area contributed by atoms with Crippen molar-refractivity contribution in [2.45, 2.75) is 37.4 Å². The van der Waals surface area contributed by atoms with E-state index in [9.17, 15) is 0 Å². The molecule has 1 aliphatic rings. The van der Waals surface area contributed by atoms with Gasteiger partial charge in [0.25, 0.3) is 0 Å². The molecule has 1 N–H and O–H groups in total. The van der Waals surface area contributed by atoms with Crippen LogP contribution in [0.5, 0.6) is 0 Å². The topological polar surface area (TPSA) is 42.7 Å². The molecule has 84 valence electrons. The molecule has 0 amide bonds. The predicted octanol–water partition coefficient (Wildman–Crippen LogP) is 1.36. The first kappa shape index (κ1) is 11.0. The lowest BCUT2D eigenvalue weighted by atomic mass is 10.5. The Morgan fingerprint density at radius 3 is 2.87 bits per heavy atom. The van der Waals surface area contributed by atoms with Gasteiger partial charge in [-0.3, -0.25) is 0 Å². The second-order valence-corrected chi connectivity index (χ2v) is 5.08. The van der Waals surface area contributed by atoms with Crippen molar-refractivity contribution in [3.8, 4) is 0 Å². The van der Waals surface area contributed by atoms with E-state index in [1.54, 1.807) is 11.8 Å². The average Bonchev–Trinajstić information content (AvgIpc) is 2.99. The highest BCUT2D eigenvalue weighted by Crippen LogP contribution is 2.19. The first-order chi connectivity index (χ1) is 7.27. The highest BCUT2D eigenvalue weighted by Gasteiger charge is 2.19. The van der Waals surface area contributed by atoms with E-state index in [-0.39, 0.29) is 0 Å². The molecule has 1 aliphatic carbocycles. The quantitative estimate of drug-likeness (QED) is 0.587. The van der Waals surface area contributed by atoms with E-state index in [0.29, 0.717) is 0 Å². The zero-order valence-corrected chi connectivity index (χ0v) is 10.2. The molecule has 0 aromatic carbocycles. The van der Waals surface area contributed by atoms with Crippen LogP contribution < -0.4 is 5.32 Å². The summed E-state index contributed by atoms with van der Waals surface area (Å²) in [6, 6.07) is 0.826. The molecule has 0 saturated heterocycles. The van der Waals surface area contributed by atoms with Gasteiger partial charge in [0.2, 0.25) is 0 Å². The van der Waals surface area contributed by atoms with Crippen LogP contribution in [0.1, 0.15) is 25.1 Å². The van der Waals surface area contributed by atoms with Crippen molar-refractivity contribution in [1.82, 2.24) is 20.1 Å². The fourth-order valence-corrected chi connectivity index (χ4v) is 2.24. The Bertz CT molecular complexity index is 319. The van der Waals surface area contributed by atoms with Crippen LogP contribution in [0, 0.1) is 6.92 Å². The zero-order valence-electron chi connectivity index (χ0n) is 9.36. The number of thioether (sulfide) groups is 1. The third-order valence-electron chi connectivity index (χ3n) is 2.62. The second kappa shape index (κ2) is 4.99. The number of hydrogen-bond acceptors (Lipinski definition) is 4. The summed E-state index contributed by atoms with van der Waals surface area (Å²) in [6.07, 6.45) is 3.94. The highest BCUT2D eigenvalue weighted by molar-refractivity contribution is 7.99. The molecular weight excluding hydrogens is 208 g/mol. The molecule has 1 saturated carbocycles. The Hall–Kier alpha value is -0.550. The lowest BCUT2D eigenvalue weighted by Crippen LogP contribution is -2.17. The van der Waals surface area contributed by atoms with Crippen LogP contribution in [-0.2, 0) is 7.05 Å². The highest BCUT2D eigenvalue weighted by atomic mass is 32.2. The number of nitrogens with one attached hydrogen (secondary N) is 1. The Labute approximate surface area is 94.8 Å². The summed E-state index contributed by atoms with van der Waals surface area (Å²) in [7, 11) is 2.01. The zero-order chi connectivity index (χ0) is 10.7. The van der Waals surface area contributed by atoms with E-state index in [1.807, 2.05) is 18.5 Å². The van der Waals surface area contributed by atoms with Crippen molar-refractivity contribution in [3.05, 3.63) is 5.82 Å². The van der Waals surface area contributed by atoms with Gasteiger partial charge in [-0.1, -0.05) is 11.8 Å². The molecule has 1 fully saturated rings. The smallest absolute Gasteiger partial charge is 0.190 e. The molecule has 4 nitrogen and oxygen atoms in total. The molecule has 0 atom stereocenters. The third-order valence-corrected chi connectivity index (χ3v) is 3.72. The maximum Gasteiger partial charge on any atom is 0.190 e. The van der Waals surface area contributed by atoms with Crippen LogP contribution in [0.3, 0.4) is 0 Å². The minimum absolute atomic E-state index is 0.826. The SMILES string of the molecule is Cc1nnc(SCCCNC2CC2)n1C. The van der Waals surface area contributed by atoms with Crippen molar-refractivity contribution < 1.29 is 0 Å². The molecule has 1 aromatic heterocycles. The standard InChI is InChI=1S/C10H18N4S/c1-8-12-13-10(14(8)2)15-7-3-6-11-9-4-5-9/h9,11H,3-7H2,1-2H3. The van der Waals surface area contributed by atoms with Gasteiger partial charge in [-0.25, -0.2) is 0 Å². The molecule has 0 radical (unpaired) electrons. The summed E-state index contributed by atoms with van der Waals surface area (Å²) in [5.74, 6) is 2.10. The van der Waals surface area contributed by atoms with Gasteiger partial charge in [0.15, 0.2) is 5.16 Å². The van der Waals surface area contributed by atoms with Gasteiger partial charge in [-0.05, 0) is 32.7 Å². The molecule has 5 heteroatoms. The van der Waals surface area contributed by atoms with E-state index >= 15 is 0 Å². The Balaban J connectivity index is 1.62. The maximum absolute atomic E-state index is 4.12. The van der Waals surface area contributed by atoms with Crippen LogP contribution >= 0.6 is 11.8 Å². The van der Waals surface area contributed by atoms with Crippen molar-refractivity contribution in [2.24, 2.45) is 7.05 Å². The van der Waals surface area contributed by atoms with Crippen LogP contribution in [0.15, 0.2) is 5.16 Å². The lowest BCUT2D eigenvalue weighted by Gasteiger charge is -2.02. The number of rotatable bonds is 6. The van der Waals surface area contributed by atoms with Crippen LogP contribution in [0.2, 0.25) is 0 Å². The van der Waals surface area contributed by atoms with Gasteiger partial charge in [-0.15, -0.1) is 10.2 Å². The van der Waals surface area contributed by atoms with Gasteiger partial charge >= 0.3 is 0 Å². The van der Waals surface area contributed by atoms with Crippen molar-refractivity contribution >= 4 is 11.8 Å². The lowest BCUT2D eigenvalue weighted by molar-refractivity contribution is 0.673. The van der Waals surface area contributed by atoms with Gasteiger partial charge in [0.05, 0.1) is 0 Å². The molecule has 0 bridgehead atoms. The summed E-state index contributed by atoms with van der Waals surface area (Å²) >= 11 is 1.79. The molecule has 0 aliphatic heterocycles. The summed E-state index contributed by atoms with van der Waals surface area (Å²) in [5.41, 5.74) is 0. The first-order valence-electron chi connectivity index (χ1n) is 5.49. The monoisotopic (exact) mass is 226 g/mol. The molecule has 0 spiro atoms. The average molecular weight is 226 g/mol. The van der Waals surface area contributed by atoms with Crippen molar-refractivity contribution in [3.63, 3.8) is 0 Å². The first-order valence-corrected chi connectivity index (χ1v) is 6.48. The largest absolute Gasteiger partial charge is 0.314 e. The molecule has 1 aromatic rings. The summed E-state index contributed by atoms with van der Waals surface area (Å²) in [5, 5.41) is 12.7. The van der Waals surface area contributed by atoms with Gasteiger partial charge < -0.3 is 9.88 Å². The van der Waals surface area contributed by atoms with E-state index < -0.39 is 0 Å². The number of hydrogen-bond donors (Lipinski definition) is 1. The van der Waals surface area contributed by atoms with Crippen LogP contribution in [0.4, 0.5) is 0 Å². The predicted molar refractivity (Wildman–Crippen MR) is 62.1 cm³/mol. The molecule has 2 rings (SSSR count). The maximum atomic E-state index is 4.12. The van der Waals surface area contributed by atoms with E-state index in [0.717, 1.165) is 29.3 Å². The number of aromatic nitrogens is 3. The van der Waals surface area contributed by atoms with Gasteiger partial charge in [0, 0.05) is 18.8 Å². The molecular formula is C10H18N4S. The second-order valence-electron chi connectivity index (χ2n) is 4.02. The van der Waals surface area contributed by atoms with E-state index in [4.69, 9.17) is 0 Å². The minimum atomic E-state index is 0.826. The van der Waals surface area contributed by atoms with Crippen LogP contribution in [-0.4, -0.2) is 33.1 Å². The molecule has 1 heterocycles.